The van der Waals surface area contributed by atoms with E-state index in [0.29, 0.717) is 0 Å². The molecule has 0 aliphatic rings. The van der Waals surface area contributed by atoms with E-state index in [-0.39, 0.29) is 0 Å². The van der Waals surface area contributed by atoms with Crippen LogP contribution in [0.25, 0.3) is 11.6 Å². The molecular formula is C29H30O. The summed E-state index contributed by atoms with van der Waals surface area (Å²) >= 11 is 0. The SMILES string of the molecule is CCCCCCOc1ccc(C#Cc2ccccc2/C(C)=C/c2ccccc2)cc1. The second kappa shape index (κ2) is 11.7. The van der Waals surface area contributed by atoms with Gasteiger partial charge in [0.15, 0.2) is 0 Å². The van der Waals surface area contributed by atoms with Crippen LogP contribution in [0.4, 0.5) is 0 Å². The van der Waals surface area contributed by atoms with Crippen molar-refractivity contribution in [3.05, 3.63) is 101 Å². The molecule has 30 heavy (non-hydrogen) atoms. The van der Waals surface area contributed by atoms with Crippen molar-refractivity contribution in [3.8, 4) is 17.6 Å². The summed E-state index contributed by atoms with van der Waals surface area (Å²) in [6.45, 7) is 5.14. The van der Waals surface area contributed by atoms with Crippen molar-refractivity contribution in [2.24, 2.45) is 0 Å². The summed E-state index contributed by atoms with van der Waals surface area (Å²) in [5.74, 6) is 7.56. The van der Waals surface area contributed by atoms with E-state index in [1.807, 2.05) is 36.4 Å². The Bertz CT molecular complexity index is 1000. The van der Waals surface area contributed by atoms with Crippen molar-refractivity contribution in [1.82, 2.24) is 0 Å². The summed E-state index contributed by atoms with van der Waals surface area (Å²) in [4.78, 5) is 0. The zero-order chi connectivity index (χ0) is 21.0. The Balaban J connectivity index is 1.69. The summed E-state index contributed by atoms with van der Waals surface area (Å²) in [5, 5.41) is 0. The first-order valence-corrected chi connectivity index (χ1v) is 10.8. The molecule has 0 N–H and O–H groups in total. The molecule has 0 spiro atoms. The number of unbranched alkanes of at least 4 members (excludes halogenated alkanes) is 3. The van der Waals surface area contributed by atoms with Gasteiger partial charge >= 0.3 is 0 Å². The molecule has 0 fully saturated rings. The van der Waals surface area contributed by atoms with E-state index in [4.69, 9.17) is 4.74 Å². The lowest BCUT2D eigenvalue weighted by atomic mass is 9.99. The molecule has 3 aromatic rings. The van der Waals surface area contributed by atoms with Crippen LogP contribution in [-0.4, -0.2) is 6.61 Å². The van der Waals surface area contributed by atoms with Gasteiger partial charge in [-0.05, 0) is 60.4 Å². The number of hydrogen-bond donors (Lipinski definition) is 0. The quantitative estimate of drug-likeness (QED) is 0.217. The van der Waals surface area contributed by atoms with Crippen molar-refractivity contribution in [2.45, 2.75) is 39.5 Å². The molecule has 3 aromatic carbocycles. The van der Waals surface area contributed by atoms with Gasteiger partial charge in [-0.25, -0.2) is 0 Å². The van der Waals surface area contributed by atoms with Gasteiger partial charge in [-0.2, -0.15) is 0 Å². The lowest BCUT2D eigenvalue weighted by molar-refractivity contribution is 0.305. The first-order chi connectivity index (χ1) is 14.8. The minimum absolute atomic E-state index is 0.783. The van der Waals surface area contributed by atoms with Crippen LogP contribution in [0.5, 0.6) is 5.75 Å². The minimum Gasteiger partial charge on any atom is -0.494 e. The van der Waals surface area contributed by atoms with Crippen LogP contribution in [0.1, 0.15) is 61.8 Å². The average Bonchev–Trinajstić information content (AvgIpc) is 2.79. The standard InChI is InChI=1S/C29H30O/c1-3-4-5-11-22-30-28-20-17-25(18-21-28)16-19-27-14-9-10-15-29(27)24(2)23-26-12-7-6-8-13-26/h6-10,12-15,17-18,20-21,23H,3-5,11,22H2,1-2H3/b24-23+. The Labute approximate surface area is 181 Å². The van der Waals surface area contributed by atoms with Gasteiger partial charge in [-0.15, -0.1) is 0 Å². The molecule has 0 bridgehead atoms. The van der Waals surface area contributed by atoms with E-state index >= 15 is 0 Å². The Kier molecular flexibility index (Phi) is 8.36. The maximum absolute atomic E-state index is 5.82. The maximum atomic E-state index is 5.82. The predicted octanol–water partition coefficient (Wildman–Crippen LogP) is 7.61. The van der Waals surface area contributed by atoms with Crippen molar-refractivity contribution >= 4 is 11.6 Å². The number of ether oxygens (including phenoxy) is 1. The van der Waals surface area contributed by atoms with Crippen molar-refractivity contribution in [2.75, 3.05) is 6.61 Å². The fraction of sp³-hybridized carbons (Fsp3) is 0.241. The Morgan fingerprint density at radius 1 is 0.800 bits per heavy atom. The molecule has 0 saturated heterocycles. The molecule has 0 radical (unpaired) electrons. The zero-order valence-corrected chi connectivity index (χ0v) is 18.0. The second-order valence-corrected chi connectivity index (χ2v) is 7.47. The van der Waals surface area contributed by atoms with Crippen LogP contribution in [0.2, 0.25) is 0 Å². The summed E-state index contributed by atoms with van der Waals surface area (Å²) < 4.78 is 5.82. The Hall–Kier alpha value is -3.24. The van der Waals surface area contributed by atoms with Crippen molar-refractivity contribution < 1.29 is 4.74 Å². The van der Waals surface area contributed by atoms with Crippen LogP contribution in [-0.2, 0) is 0 Å². The molecule has 1 heteroatoms. The van der Waals surface area contributed by atoms with Crippen LogP contribution < -0.4 is 4.74 Å². The van der Waals surface area contributed by atoms with Gasteiger partial charge in [0.1, 0.15) is 5.75 Å². The van der Waals surface area contributed by atoms with Gasteiger partial charge in [0, 0.05) is 11.1 Å². The van der Waals surface area contributed by atoms with E-state index in [1.54, 1.807) is 0 Å². The van der Waals surface area contributed by atoms with Gasteiger partial charge in [0.25, 0.3) is 0 Å². The lowest BCUT2D eigenvalue weighted by Gasteiger charge is -2.06. The molecule has 1 nitrogen and oxygen atoms in total. The molecule has 0 aliphatic carbocycles. The van der Waals surface area contributed by atoms with Crippen molar-refractivity contribution in [3.63, 3.8) is 0 Å². The molecule has 0 unspecified atom stereocenters. The molecule has 0 amide bonds. The largest absolute Gasteiger partial charge is 0.494 e. The first-order valence-electron chi connectivity index (χ1n) is 10.8. The molecule has 0 saturated carbocycles. The number of benzene rings is 3. The van der Waals surface area contributed by atoms with Gasteiger partial charge in [0.2, 0.25) is 0 Å². The third kappa shape index (κ3) is 6.68. The van der Waals surface area contributed by atoms with Crippen LogP contribution in [0.3, 0.4) is 0 Å². The Morgan fingerprint density at radius 2 is 1.53 bits per heavy atom. The fourth-order valence-corrected chi connectivity index (χ4v) is 3.31. The van der Waals surface area contributed by atoms with E-state index < -0.39 is 0 Å². The van der Waals surface area contributed by atoms with Crippen molar-refractivity contribution in [1.29, 1.82) is 0 Å². The third-order valence-electron chi connectivity index (χ3n) is 5.00. The maximum Gasteiger partial charge on any atom is 0.119 e. The van der Waals surface area contributed by atoms with E-state index in [2.05, 4.69) is 74.2 Å². The highest BCUT2D eigenvalue weighted by atomic mass is 16.5. The highest BCUT2D eigenvalue weighted by Crippen LogP contribution is 2.21. The summed E-state index contributed by atoms with van der Waals surface area (Å²) in [7, 11) is 0. The summed E-state index contributed by atoms with van der Waals surface area (Å²) in [6, 6.07) is 26.8. The summed E-state index contributed by atoms with van der Waals surface area (Å²) in [6.07, 6.45) is 7.07. The highest BCUT2D eigenvalue weighted by Gasteiger charge is 2.02. The smallest absolute Gasteiger partial charge is 0.119 e. The highest BCUT2D eigenvalue weighted by molar-refractivity contribution is 5.82. The van der Waals surface area contributed by atoms with E-state index in [9.17, 15) is 0 Å². The van der Waals surface area contributed by atoms with Gasteiger partial charge < -0.3 is 4.74 Å². The lowest BCUT2D eigenvalue weighted by Crippen LogP contribution is -1.96. The number of allylic oxidation sites excluding steroid dienone is 1. The monoisotopic (exact) mass is 394 g/mol. The summed E-state index contributed by atoms with van der Waals surface area (Å²) in [5.41, 5.74) is 5.60. The average molecular weight is 395 g/mol. The number of hydrogen-bond acceptors (Lipinski definition) is 1. The van der Waals surface area contributed by atoms with Gasteiger partial charge in [0.05, 0.1) is 6.61 Å². The molecule has 0 aliphatic heterocycles. The fourth-order valence-electron chi connectivity index (χ4n) is 3.31. The van der Waals surface area contributed by atoms with Crippen LogP contribution in [0, 0.1) is 11.8 Å². The van der Waals surface area contributed by atoms with Crippen LogP contribution >= 0.6 is 0 Å². The van der Waals surface area contributed by atoms with Gasteiger partial charge in [-0.1, -0.05) is 92.6 Å². The zero-order valence-electron chi connectivity index (χ0n) is 18.0. The van der Waals surface area contributed by atoms with E-state index in [0.717, 1.165) is 29.9 Å². The normalized spacial score (nSPS) is 10.9. The predicted molar refractivity (Wildman–Crippen MR) is 128 cm³/mol. The molecular weight excluding hydrogens is 364 g/mol. The minimum atomic E-state index is 0.783. The molecule has 0 atom stereocenters. The molecule has 152 valence electrons. The second-order valence-electron chi connectivity index (χ2n) is 7.47. The molecule has 3 rings (SSSR count). The molecule has 0 aromatic heterocycles. The van der Waals surface area contributed by atoms with E-state index in [1.165, 1.54) is 36.0 Å². The van der Waals surface area contributed by atoms with Crippen LogP contribution in [0.15, 0.2) is 78.9 Å². The third-order valence-corrected chi connectivity index (χ3v) is 5.00. The molecule has 0 heterocycles. The first kappa shape index (κ1) is 21.5. The Morgan fingerprint density at radius 3 is 2.30 bits per heavy atom. The number of rotatable bonds is 8. The topological polar surface area (TPSA) is 9.23 Å². The van der Waals surface area contributed by atoms with Gasteiger partial charge in [-0.3, -0.25) is 0 Å².